The zero-order chi connectivity index (χ0) is 22.7. The summed E-state index contributed by atoms with van der Waals surface area (Å²) >= 11 is 12.1. The highest BCUT2D eigenvalue weighted by atomic mass is 35.5. The molecule has 1 heterocycles. The summed E-state index contributed by atoms with van der Waals surface area (Å²) in [7, 11) is -3.77. The summed E-state index contributed by atoms with van der Waals surface area (Å²) in [5.74, 6) is 0.354. The Balaban J connectivity index is 1.32. The molecule has 0 bridgehead atoms. The number of sulfonamides is 1. The van der Waals surface area contributed by atoms with Crippen LogP contribution in [0.15, 0.2) is 47.4 Å². The Bertz CT molecular complexity index is 1080. The van der Waals surface area contributed by atoms with Crippen LogP contribution in [0.1, 0.15) is 31.2 Å². The van der Waals surface area contributed by atoms with E-state index in [1.807, 2.05) is 24.3 Å². The van der Waals surface area contributed by atoms with Gasteiger partial charge < -0.3 is 10.1 Å². The van der Waals surface area contributed by atoms with E-state index in [0.717, 1.165) is 17.9 Å². The van der Waals surface area contributed by atoms with Crippen LogP contribution in [-0.2, 0) is 26.2 Å². The maximum Gasteiger partial charge on any atom is 0.244 e. The molecular formula is C23H26Cl2N2O4S. The fourth-order valence-electron chi connectivity index (χ4n) is 3.78. The van der Waals surface area contributed by atoms with E-state index in [4.69, 9.17) is 27.9 Å². The Kier molecular flexibility index (Phi) is 7.42. The van der Waals surface area contributed by atoms with Gasteiger partial charge in [0.2, 0.25) is 15.9 Å². The van der Waals surface area contributed by atoms with Gasteiger partial charge >= 0.3 is 0 Å². The molecule has 1 N–H and O–H groups in total. The van der Waals surface area contributed by atoms with Gasteiger partial charge in [0.1, 0.15) is 4.90 Å². The summed E-state index contributed by atoms with van der Waals surface area (Å²) in [6.07, 6.45) is 3.38. The number of carbonyl (C=O) groups is 1. The van der Waals surface area contributed by atoms with Crippen molar-refractivity contribution in [2.45, 2.75) is 37.2 Å². The van der Waals surface area contributed by atoms with E-state index in [1.165, 1.54) is 29.3 Å². The van der Waals surface area contributed by atoms with Gasteiger partial charge in [0, 0.05) is 36.3 Å². The van der Waals surface area contributed by atoms with Gasteiger partial charge in [0.05, 0.1) is 11.6 Å². The van der Waals surface area contributed by atoms with Gasteiger partial charge in [0.25, 0.3) is 0 Å². The molecule has 2 aromatic rings. The molecule has 0 spiro atoms. The zero-order valence-electron chi connectivity index (χ0n) is 17.6. The Morgan fingerprint density at radius 3 is 2.53 bits per heavy atom. The van der Waals surface area contributed by atoms with Crippen LogP contribution in [-0.4, -0.2) is 38.3 Å². The molecule has 2 aliphatic rings. The van der Waals surface area contributed by atoms with Crippen LogP contribution in [0, 0.1) is 11.8 Å². The SMILES string of the molecule is O=C(Nc1cccc(COCC2CC2)c1)C1CCN(S(=O)(=O)c2cc(Cl)ccc2Cl)CC1. The number of amides is 1. The van der Waals surface area contributed by atoms with Crippen LogP contribution in [0.3, 0.4) is 0 Å². The molecule has 32 heavy (non-hydrogen) atoms. The lowest BCUT2D eigenvalue weighted by Crippen LogP contribution is -2.41. The maximum atomic E-state index is 13.0. The van der Waals surface area contributed by atoms with Crippen LogP contribution in [0.4, 0.5) is 5.69 Å². The van der Waals surface area contributed by atoms with Crippen LogP contribution >= 0.6 is 23.2 Å². The minimum atomic E-state index is -3.77. The highest BCUT2D eigenvalue weighted by Gasteiger charge is 2.33. The average molecular weight is 497 g/mol. The molecular weight excluding hydrogens is 471 g/mol. The van der Waals surface area contributed by atoms with Crippen molar-refractivity contribution in [1.82, 2.24) is 4.31 Å². The Hall–Kier alpha value is -1.64. The van der Waals surface area contributed by atoms with E-state index in [9.17, 15) is 13.2 Å². The molecule has 1 saturated carbocycles. The number of carbonyl (C=O) groups excluding carboxylic acids is 1. The molecule has 0 radical (unpaired) electrons. The smallest absolute Gasteiger partial charge is 0.244 e. The van der Waals surface area contributed by atoms with Crippen LogP contribution in [0.25, 0.3) is 0 Å². The standard InChI is InChI=1S/C23H26Cl2N2O4S/c24-19-6-7-21(25)22(13-19)32(29,30)27-10-8-18(9-11-27)23(28)26-20-3-1-2-17(12-20)15-31-14-16-4-5-16/h1-3,6-7,12-13,16,18H,4-5,8-11,14-15H2,(H,26,28). The monoisotopic (exact) mass is 496 g/mol. The predicted octanol–water partition coefficient (Wildman–Crippen LogP) is 4.96. The fraction of sp³-hybridized carbons (Fsp3) is 0.435. The number of rotatable bonds is 8. The summed E-state index contributed by atoms with van der Waals surface area (Å²) in [6.45, 7) is 1.82. The highest BCUT2D eigenvalue weighted by Crippen LogP contribution is 2.31. The molecule has 1 aliphatic carbocycles. The molecule has 9 heteroatoms. The van der Waals surface area contributed by atoms with Gasteiger partial charge in [-0.2, -0.15) is 4.31 Å². The van der Waals surface area contributed by atoms with Crippen molar-refractivity contribution in [3.05, 3.63) is 58.1 Å². The third kappa shape index (κ3) is 5.83. The first-order valence-electron chi connectivity index (χ1n) is 10.8. The second kappa shape index (κ2) is 10.1. The second-order valence-corrected chi connectivity index (χ2v) is 11.2. The van der Waals surface area contributed by atoms with E-state index < -0.39 is 10.0 Å². The summed E-state index contributed by atoms with van der Waals surface area (Å²) in [4.78, 5) is 12.8. The van der Waals surface area contributed by atoms with Crippen LogP contribution < -0.4 is 5.32 Å². The molecule has 6 nitrogen and oxygen atoms in total. The van der Waals surface area contributed by atoms with E-state index in [0.29, 0.717) is 30.4 Å². The van der Waals surface area contributed by atoms with Gasteiger partial charge in [-0.3, -0.25) is 4.79 Å². The van der Waals surface area contributed by atoms with Crippen LogP contribution in [0.2, 0.25) is 10.0 Å². The van der Waals surface area contributed by atoms with E-state index in [2.05, 4.69) is 5.32 Å². The molecule has 0 unspecified atom stereocenters. The van der Waals surface area contributed by atoms with Gasteiger partial charge in [-0.25, -0.2) is 8.42 Å². The first-order valence-corrected chi connectivity index (χ1v) is 13.0. The number of halogens is 2. The number of benzene rings is 2. The number of hydrogen-bond donors (Lipinski definition) is 1. The molecule has 0 atom stereocenters. The molecule has 1 saturated heterocycles. The number of nitrogens with one attached hydrogen (secondary N) is 1. The zero-order valence-corrected chi connectivity index (χ0v) is 19.9. The van der Waals surface area contributed by atoms with Crippen molar-refractivity contribution in [3.63, 3.8) is 0 Å². The second-order valence-electron chi connectivity index (χ2n) is 8.40. The molecule has 2 fully saturated rings. The molecule has 1 amide bonds. The third-order valence-electron chi connectivity index (χ3n) is 5.85. The number of nitrogens with zero attached hydrogens (tertiary/aromatic N) is 1. The van der Waals surface area contributed by atoms with E-state index in [1.54, 1.807) is 6.07 Å². The van der Waals surface area contributed by atoms with Crippen molar-refractivity contribution >= 4 is 44.8 Å². The topological polar surface area (TPSA) is 75.7 Å². The lowest BCUT2D eigenvalue weighted by molar-refractivity contribution is -0.120. The average Bonchev–Trinajstić information content (AvgIpc) is 3.60. The van der Waals surface area contributed by atoms with Crippen molar-refractivity contribution < 1.29 is 17.9 Å². The number of piperidine rings is 1. The Labute approximate surface area is 198 Å². The van der Waals surface area contributed by atoms with Crippen LogP contribution in [0.5, 0.6) is 0 Å². The molecule has 4 rings (SSSR count). The quantitative estimate of drug-likeness (QED) is 0.560. The van der Waals surface area contributed by atoms with E-state index in [-0.39, 0.29) is 34.8 Å². The van der Waals surface area contributed by atoms with Crippen molar-refractivity contribution in [3.8, 4) is 0 Å². The van der Waals surface area contributed by atoms with Gasteiger partial charge in [0.15, 0.2) is 0 Å². The summed E-state index contributed by atoms with van der Waals surface area (Å²) in [5, 5.41) is 3.41. The molecule has 2 aromatic carbocycles. The summed E-state index contributed by atoms with van der Waals surface area (Å²) in [5.41, 5.74) is 1.74. The van der Waals surface area contributed by atoms with Gasteiger partial charge in [-0.15, -0.1) is 0 Å². The first kappa shape index (κ1) is 23.5. The van der Waals surface area contributed by atoms with Crippen molar-refractivity contribution in [2.24, 2.45) is 11.8 Å². The third-order valence-corrected chi connectivity index (χ3v) is 8.46. The summed E-state index contributed by atoms with van der Waals surface area (Å²) < 4.78 is 33.0. The largest absolute Gasteiger partial charge is 0.376 e. The first-order chi connectivity index (χ1) is 15.3. The fourth-order valence-corrected chi connectivity index (χ4v) is 5.99. The number of ether oxygens (including phenoxy) is 1. The normalized spacial score (nSPS) is 17.9. The predicted molar refractivity (Wildman–Crippen MR) is 125 cm³/mol. The molecule has 172 valence electrons. The van der Waals surface area contributed by atoms with E-state index >= 15 is 0 Å². The van der Waals surface area contributed by atoms with Crippen molar-refractivity contribution in [2.75, 3.05) is 25.0 Å². The number of anilines is 1. The minimum Gasteiger partial charge on any atom is -0.376 e. The minimum absolute atomic E-state index is 0.00436. The van der Waals surface area contributed by atoms with Gasteiger partial charge in [-0.1, -0.05) is 35.3 Å². The Morgan fingerprint density at radius 1 is 1.06 bits per heavy atom. The summed E-state index contributed by atoms with van der Waals surface area (Å²) in [6, 6.07) is 12.0. The lowest BCUT2D eigenvalue weighted by Gasteiger charge is -2.30. The molecule has 1 aliphatic heterocycles. The van der Waals surface area contributed by atoms with Crippen molar-refractivity contribution in [1.29, 1.82) is 0 Å². The number of hydrogen-bond acceptors (Lipinski definition) is 4. The maximum absolute atomic E-state index is 13.0. The molecule has 0 aromatic heterocycles. The van der Waals surface area contributed by atoms with Gasteiger partial charge in [-0.05, 0) is 67.5 Å². The Morgan fingerprint density at radius 2 is 1.81 bits per heavy atom. The highest BCUT2D eigenvalue weighted by molar-refractivity contribution is 7.89. The lowest BCUT2D eigenvalue weighted by atomic mass is 9.97.